The minimum absolute atomic E-state index is 0.101. The summed E-state index contributed by atoms with van der Waals surface area (Å²) < 4.78 is 44.5. The summed E-state index contributed by atoms with van der Waals surface area (Å²) in [6.45, 7) is 4.76. The third-order valence-corrected chi connectivity index (χ3v) is 7.34. The highest BCUT2D eigenvalue weighted by Gasteiger charge is 2.35. The lowest BCUT2D eigenvalue weighted by molar-refractivity contribution is -0.145. The Kier molecular flexibility index (Phi) is 8.67. The number of pyridine rings is 1. The predicted molar refractivity (Wildman–Crippen MR) is 150 cm³/mol. The van der Waals surface area contributed by atoms with Gasteiger partial charge in [-0.2, -0.15) is 13.2 Å². The molecule has 0 bridgehead atoms. The monoisotopic (exact) mass is 584 g/mol. The normalized spacial score (nSPS) is 15.0. The zero-order chi connectivity index (χ0) is 29.0. The number of alkyl halides is 3. The van der Waals surface area contributed by atoms with Gasteiger partial charge in [-0.3, -0.25) is 9.69 Å². The number of carbonyl (C=O) groups is 1. The molecule has 1 aliphatic heterocycles. The quantitative estimate of drug-likeness (QED) is 0.286. The minimum atomic E-state index is -4.64. The van der Waals surface area contributed by atoms with Gasteiger partial charge in [0.05, 0.1) is 35.4 Å². The summed E-state index contributed by atoms with van der Waals surface area (Å²) in [6.07, 6.45) is -2.33. The maximum atomic E-state index is 13.5. The van der Waals surface area contributed by atoms with E-state index >= 15 is 0 Å². The van der Waals surface area contributed by atoms with E-state index in [-0.39, 0.29) is 17.1 Å². The van der Waals surface area contributed by atoms with Gasteiger partial charge in [0.2, 0.25) is 5.82 Å². The summed E-state index contributed by atoms with van der Waals surface area (Å²) in [4.78, 5) is 27.2. The average Bonchev–Trinajstić information content (AvgIpc) is 2.97. The van der Waals surface area contributed by atoms with Crippen molar-refractivity contribution >= 4 is 34.2 Å². The highest BCUT2D eigenvalue weighted by atomic mass is 35.5. The number of nitrogens with one attached hydrogen (secondary N) is 2. The van der Waals surface area contributed by atoms with Crippen LogP contribution >= 0.6 is 11.6 Å². The van der Waals surface area contributed by atoms with Crippen molar-refractivity contribution < 1.29 is 22.7 Å². The number of morpholine rings is 1. The molecule has 214 valence electrons. The highest BCUT2D eigenvalue weighted by Crippen LogP contribution is 2.29. The van der Waals surface area contributed by atoms with Crippen molar-refractivity contribution in [1.82, 2.24) is 25.2 Å². The van der Waals surface area contributed by atoms with Crippen molar-refractivity contribution in [3.05, 3.63) is 94.0 Å². The maximum absolute atomic E-state index is 13.5. The van der Waals surface area contributed by atoms with Crippen LogP contribution in [0.2, 0.25) is 5.02 Å². The van der Waals surface area contributed by atoms with Crippen molar-refractivity contribution in [2.45, 2.75) is 25.7 Å². The first-order valence-electron chi connectivity index (χ1n) is 13.1. The fourth-order valence-corrected chi connectivity index (χ4v) is 5.03. The minimum Gasteiger partial charge on any atom is -0.379 e. The van der Waals surface area contributed by atoms with E-state index in [1.54, 1.807) is 24.3 Å². The van der Waals surface area contributed by atoms with Gasteiger partial charge in [0.25, 0.3) is 5.91 Å². The van der Waals surface area contributed by atoms with E-state index in [0.717, 1.165) is 18.0 Å². The smallest absolute Gasteiger partial charge is 0.379 e. The molecule has 2 aromatic heterocycles. The molecular formula is C29H28ClF3N6O2. The lowest BCUT2D eigenvalue weighted by Crippen LogP contribution is -2.44. The molecule has 4 aromatic rings. The van der Waals surface area contributed by atoms with Crippen LogP contribution in [-0.2, 0) is 17.5 Å². The van der Waals surface area contributed by atoms with Crippen LogP contribution in [0.4, 0.5) is 19.0 Å². The lowest BCUT2D eigenvalue weighted by Gasteiger charge is -2.34. The SMILES string of the molecule is Cc1ccccc1CNc1ccc2c(C(=O)NCC(c3cnc(C(F)(F)F)nc3)N3CCOCC3)c(Cl)ccc2n1. The number of halogens is 4. The summed E-state index contributed by atoms with van der Waals surface area (Å²) in [5.41, 5.74) is 3.64. The van der Waals surface area contributed by atoms with Crippen molar-refractivity contribution in [2.24, 2.45) is 0 Å². The van der Waals surface area contributed by atoms with E-state index in [4.69, 9.17) is 16.3 Å². The molecule has 3 heterocycles. The first-order valence-corrected chi connectivity index (χ1v) is 13.5. The van der Waals surface area contributed by atoms with Crippen LogP contribution in [0.3, 0.4) is 0 Å². The second-order valence-corrected chi connectivity index (χ2v) is 10.1. The van der Waals surface area contributed by atoms with Gasteiger partial charge in [-0.05, 0) is 42.3 Å². The Balaban J connectivity index is 1.35. The summed E-state index contributed by atoms with van der Waals surface area (Å²) in [7, 11) is 0. The van der Waals surface area contributed by atoms with Crippen molar-refractivity contribution in [3.8, 4) is 0 Å². The van der Waals surface area contributed by atoms with Crippen molar-refractivity contribution in [3.63, 3.8) is 0 Å². The number of amides is 1. The molecule has 8 nitrogen and oxygen atoms in total. The molecule has 0 saturated carbocycles. The van der Waals surface area contributed by atoms with E-state index in [9.17, 15) is 18.0 Å². The summed E-state index contributed by atoms with van der Waals surface area (Å²) in [5, 5.41) is 7.08. The van der Waals surface area contributed by atoms with Gasteiger partial charge < -0.3 is 15.4 Å². The van der Waals surface area contributed by atoms with E-state index < -0.39 is 23.9 Å². The first kappa shape index (κ1) is 28.7. The molecule has 12 heteroatoms. The number of hydrogen-bond donors (Lipinski definition) is 2. The number of aryl methyl sites for hydroxylation is 1. The van der Waals surface area contributed by atoms with E-state index in [1.807, 2.05) is 36.1 Å². The van der Waals surface area contributed by atoms with Crippen LogP contribution in [-0.4, -0.2) is 58.6 Å². The molecule has 2 aromatic carbocycles. The third-order valence-electron chi connectivity index (χ3n) is 7.02. The van der Waals surface area contributed by atoms with Crippen LogP contribution < -0.4 is 10.6 Å². The average molecular weight is 585 g/mol. The Morgan fingerprint density at radius 2 is 1.80 bits per heavy atom. The molecule has 1 amide bonds. The number of rotatable bonds is 8. The zero-order valence-corrected chi connectivity index (χ0v) is 23.0. The molecule has 1 unspecified atom stereocenters. The summed E-state index contributed by atoms with van der Waals surface area (Å²) >= 11 is 6.48. The van der Waals surface area contributed by atoms with Crippen LogP contribution in [0.5, 0.6) is 0 Å². The number of anilines is 1. The number of fused-ring (bicyclic) bond motifs is 1. The first-order chi connectivity index (χ1) is 19.7. The zero-order valence-electron chi connectivity index (χ0n) is 22.2. The topological polar surface area (TPSA) is 92.3 Å². The fourth-order valence-electron chi connectivity index (χ4n) is 4.78. The van der Waals surface area contributed by atoms with E-state index in [1.165, 1.54) is 5.56 Å². The molecule has 5 rings (SSSR count). The number of benzene rings is 2. The lowest BCUT2D eigenvalue weighted by atomic mass is 10.1. The van der Waals surface area contributed by atoms with E-state index in [2.05, 4.69) is 25.6 Å². The number of ether oxygens (including phenoxy) is 1. The van der Waals surface area contributed by atoms with Gasteiger partial charge in [0, 0.05) is 49.5 Å². The molecule has 1 fully saturated rings. The Morgan fingerprint density at radius 3 is 2.51 bits per heavy atom. The van der Waals surface area contributed by atoms with Crippen LogP contribution in [0.1, 0.15) is 38.9 Å². The second-order valence-electron chi connectivity index (χ2n) is 9.68. The number of hydrogen-bond acceptors (Lipinski definition) is 7. The Morgan fingerprint density at radius 1 is 1.07 bits per heavy atom. The fraction of sp³-hybridized carbons (Fsp3) is 0.310. The molecule has 41 heavy (non-hydrogen) atoms. The summed E-state index contributed by atoms with van der Waals surface area (Å²) in [5.74, 6) is -0.980. The largest absolute Gasteiger partial charge is 0.451 e. The van der Waals surface area contributed by atoms with Gasteiger partial charge in [-0.1, -0.05) is 35.9 Å². The Labute approximate surface area is 239 Å². The molecule has 2 N–H and O–H groups in total. The maximum Gasteiger partial charge on any atom is 0.451 e. The molecule has 1 saturated heterocycles. The van der Waals surface area contributed by atoms with Gasteiger partial charge in [0.15, 0.2) is 0 Å². The molecule has 0 radical (unpaired) electrons. The summed E-state index contributed by atoms with van der Waals surface area (Å²) in [6, 6.07) is 14.6. The van der Waals surface area contributed by atoms with Crippen LogP contribution in [0, 0.1) is 6.92 Å². The van der Waals surface area contributed by atoms with Gasteiger partial charge >= 0.3 is 6.18 Å². The van der Waals surface area contributed by atoms with Gasteiger partial charge in [0.1, 0.15) is 5.82 Å². The predicted octanol–water partition coefficient (Wildman–Crippen LogP) is 5.42. The highest BCUT2D eigenvalue weighted by molar-refractivity contribution is 6.35. The molecular weight excluding hydrogens is 557 g/mol. The number of aromatic nitrogens is 3. The third kappa shape index (κ3) is 6.75. The molecule has 1 aliphatic rings. The second kappa shape index (κ2) is 12.4. The van der Waals surface area contributed by atoms with Crippen LogP contribution in [0.25, 0.3) is 10.9 Å². The van der Waals surface area contributed by atoms with Gasteiger partial charge in [-0.25, -0.2) is 15.0 Å². The molecule has 0 aliphatic carbocycles. The van der Waals surface area contributed by atoms with E-state index in [0.29, 0.717) is 55.1 Å². The standard InChI is InChI=1S/C29H28ClF3N6O2/c1-18-4-2-3-5-19(18)14-34-25-9-6-21-23(38-25)8-7-22(30)26(21)27(40)35-17-24(39-10-12-41-13-11-39)20-15-36-28(37-16-20)29(31,32)33/h2-9,15-16,24H,10-14,17H2,1H3,(H,34,38)(H,35,40). The molecule has 1 atom stereocenters. The van der Waals surface area contributed by atoms with Crippen LogP contribution in [0.15, 0.2) is 60.9 Å². The van der Waals surface area contributed by atoms with Gasteiger partial charge in [-0.15, -0.1) is 0 Å². The number of carbonyl (C=O) groups excluding carboxylic acids is 1. The van der Waals surface area contributed by atoms with Crippen molar-refractivity contribution in [1.29, 1.82) is 0 Å². The Bertz CT molecular complexity index is 1530. The molecule has 0 spiro atoms. The number of nitrogens with zero attached hydrogens (tertiary/aromatic N) is 4. The van der Waals surface area contributed by atoms with Crippen molar-refractivity contribution in [2.75, 3.05) is 38.2 Å². The Hall–Kier alpha value is -3.80.